The summed E-state index contributed by atoms with van der Waals surface area (Å²) in [5.74, 6) is 0.276. The fourth-order valence-corrected chi connectivity index (χ4v) is 3.56. The van der Waals surface area contributed by atoms with E-state index in [0.29, 0.717) is 16.7 Å². The summed E-state index contributed by atoms with van der Waals surface area (Å²) < 4.78 is 1.56. The van der Waals surface area contributed by atoms with Crippen molar-refractivity contribution in [3.05, 3.63) is 50.6 Å². The zero-order valence-corrected chi connectivity index (χ0v) is 14.1. The van der Waals surface area contributed by atoms with E-state index in [1.54, 1.807) is 28.3 Å². The molecule has 1 aliphatic rings. The van der Waals surface area contributed by atoms with Crippen LogP contribution in [-0.2, 0) is 0 Å². The summed E-state index contributed by atoms with van der Waals surface area (Å²) in [6.45, 7) is 3.98. The van der Waals surface area contributed by atoms with E-state index in [2.05, 4.69) is 27.0 Å². The van der Waals surface area contributed by atoms with Gasteiger partial charge in [0.25, 0.3) is 0 Å². The van der Waals surface area contributed by atoms with Crippen molar-refractivity contribution in [1.82, 2.24) is 14.5 Å². The van der Waals surface area contributed by atoms with Crippen molar-refractivity contribution in [2.24, 2.45) is 11.1 Å². The number of carbonyl (C=O) groups is 1. The van der Waals surface area contributed by atoms with E-state index >= 15 is 0 Å². The van der Waals surface area contributed by atoms with Gasteiger partial charge in [-0.2, -0.15) is 0 Å². The first-order valence-electron chi connectivity index (χ1n) is 7.67. The van der Waals surface area contributed by atoms with Gasteiger partial charge in [0.2, 0.25) is 5.43 Å². The number of amides is 1. The van der Waals surface area contributed by atoms with Crippen LogP contribution in [0.15, 0.2) is 39.9 Å². The van der Waals surface area contributed by atoms with Crippen LogP contribution in [0.2, 0.25) is 0 Å². The average molecular weight is 355 g/mol. The van der Waals surface area contributed by atoms with Gasteiger partial charge in [0.15, 0.2) is 10.8 Å². The lowest BCUT2D eigenvalue weighted by molar-refractivity contribution is 0.0999. The fraction of sp³-hybridized carbons (Fsp3) is 0.250. The Morgan fingerprint density at radius 2 is 2.16 bits per heavy atom. The van der Waals surface area contributed by atoms with Gasteiger partial charge in [-0.15, -0.1) is 16.2 Å². The van der Waals surface area contributed by atoms with Crippen LogP contribution in [0, 0.1) is 10.8 Å². The van der Waals surface area contributed by atoms with Gasteiger partial charge in [0.1, 0.15) is 11.4 Å². The summed E-state index contributed by atoms with van der Waals surface area (Å²) in [5, 5.41) is 4.95. The van der Waals surface area contributed by atoms with Gasteiger partial charge in [-0.05, 0) is 18.1 Å². The Labute approximate surface area is 145 Å². The molecule has 1 saturated heterocycles. The molecule has 1 aliphatic heterocycles. The van der Waals surface area contributed by atoms with Crippen LogP contribution in [0.25, 0.3) is 16.2 Å². The standard InChI is InChI=1S/C16H13N5O3S/c1-9-6-20(7-9)12-3-2-10-13(22)11(15(23)19-24)8-21(14(10)18-12)16-17-4-5-25-16/h2-5,8-9H,6-7H2,1H3. The molecule has 0 N–H and O–H groups in total. The number of anilines is 1. The van der Waals surface area contributed by atoms with E-state index in [9.17, 15) is 14.5 Å². The minimum atomic E-state index is -1.10. The van der Waals surface area contributed by atoms with E-state index in [0.717, 1.165) is 18.9 Å². The summed E-state index contributed by atoms with van der Waals surface area (Å²) in [7, 11) is 0. The molecule has 4 rings (SSSR count). The number of thiazole rings is 1. The van der Waals surface area contributed by atoms with E-state index in [1.807, 2.05) is 0 Å². The van der Waals surface area contributed by atoms with E-state index in [-0.39, 0.29) is 10.9 Å². The molecule has 0 saturated carbocycles. The zero-order chi connectivity index (χ0) is 17.6. The molecule has 1 fully saturated rings. The minimum absolute atomic E-state index is 0.252. The molecule has 8 nitrogen and oxygen atoms in total. The Bertz CT molecular complexity index is 1040. The first-order chi connectivity index (χ1) is 12.1. The maximum Gasteiger partial charge on any atom is 0.322 e. The van der Waals surface area contributed by atoms with E-state index in [1.165, 1.54) is 17.5 Å². The number of nitroso groups, excluding NO2 is 1. The number of hydrogen-bond donors (Lipinski definition) is 0. The molecule has 0 atom stereocenters. The molecule has 0 unspecified atom stereocenters. The highest BCUT2D eigenvalue weighted by Crippen LogP contribution is 2.25. The van der Waals surface area contributed by atoms with Gasteiger partial charge >= 0.3 is 5.91 Å². The Morgan fingerprint density at radius 3 is 2.80 bits per heavy atom. The van der Waals surface area contributed by atoms with Crippen molar-refractivity contribution in [2.75, 3.05) is 18.0 Å². The smallest absolute Gasteiger partial charge is 0.322 e. The lowest BCUT2D eigenvalue weighted by Crippen LogP contribution is -2.45. The topological polar surface area (TPSA) is 97.5 Å². The summed E-state index contributed by atoms with van der Waals surface area (Å²) in [4.78, 5) is 45.9. The van der Waals surface area contributed by atoms with Crippen LogP contribution in [0.5, 0.6) is 0 Å². The van der Waals surface area contributed by atoms with Gasteiger partial charge in [0.05, 0.1) is 5.39 Å². The number of hydrogen-bond acceptors (Lipinski definition) is 7. The van der Waals surface area contributed by atoms with Crippen LogP contribution >= 0.6 is 11.3 Å². The summed E-state index contributed by atoms with van der Waals surface area (Å²) in [6, 6.07) is 3.39. The molecule has 0 spiro atoms. The summed E-state index contributed by atoms with van der Waals surface area (Å²) in [6.07, 6.45) is 2.91. The highest BCUT2D eigenvalue weighted by molar-refractivity contribution is 7.12. The molecule has 1 amide bonds. The molecule has 0 radical (unpaired) electrons. The van der Waals surface area contributed by atoms with Crippen LogP contribution in [0.3, 0.4) is 0 Å². The molecule has 0 bridgehead atoms. The third kappa shape index (κ3) is 2.52. The van der Waals surface area contributed by atoms with Crippen LogP contribution in [0.1, 0.15) is 17.3 Å². The Kier molecular flexibility index (Phi) is 3.65. The van der Waals surface area contributed by atoms with Gasteiger partial charge < -0.3 is 4.90 Å². The first kappa shape index (κ1) is 15.6. The molecule has 4 heterocycles. The third-order valence-corrected chi connectivity index (χ3v) is 4.93. The molecular formula is C16H13N5O3S. The van der Waals surface area contributed by atoms with Crippen molar-refractivity contribution >= 4 is 34.1 Å². The molecule has 0 aromatic carbocycles. The Balaban J connectivity index is 1.98. The highest BCUT2D eigenvalue weighted by atomic mass is 32.1. The van der Waals surface area contributed by atoms with Gasteiger partial charge in [-0.25, -0.2) is 9.97 Å². The maximum atomic E-state index is 12.6. The lowest BCUT2D eigenvalue weighted by atomic mass is 10.0. The molecule has 9 heteroatoms. The molecular weight excluding hydrogens is 342 g/mol. The third-order valence-electron chi connectivity index (χ3n) is 4.16. The Morgan fingerprint density at radius 1 is 1.36 bits per heavy atom. The van der Waals surface area contributed by atoms with Crippen LogP contribution in [0.4, 0.5) is 5.82 Å². The minimum Gasteiger partial charge on any atom is -0.356 e. The second-order valence-corrected chi connectivity index (χ2v) is 6.88. The van der Waals surface area contributed by atoms with Crippen LogP contribution in [-0.4, -0.2) is 33.5 Å². The molecule has 0 aliphatic carbocycles. The van der Waals surface area contributed by atoms with Crippen molar-refractivity contribution in [3.8, 4) is 5.13 Å². The number of aromatic nitrogens is 3. The lowest BCUT2D eigenvalue weighted by Gasteiger charge is -2.38. The van der Waals surface area contributed by atoms with Crippen molar-refractivity contribution < 1.29 is 4.79 Å². The quantitative estimate of drug-likeness (QED) is 0.668. The predicted molar refractivity (Wildman–Crippen MR) is 94.5 cm³/mol. The SMILES string of the molecule is CC1CN(c2ccc3c(=O)c(C(=O)N=O)cn(-c4nccs4)c3n2)C1. The average Bonchev–Trinajstić information content (AvgIpc) is 3.13. The Hall–Kier alpha value is -2.94. The van der Waals surface area contributed by atoms with Gasteiger partial charge in [0, 0.05) is 36.0 Å². The largest absolute Gasteiger partial charge is 0.356 e. The zero-order valence-electron chi connectivity index (χ0n) is 13.2. The van der Waals surface area contributed by atoms with Crippen molar-refractivity contribution in [2.45, 2.75) is 6.92 Å². The monoisotopic (exact) mass is 355 g/mol. The summed E-state index contributed by atoms with van der Waals surface area (Å²) >= 11 is 1.34. The number of nitrogens with zero attached hydrogens (tertiary/aromatic N) is 5. The first-order valence-corrected chi connectivity index (χ1v) is 8.55. The number of pyridine rings is 2. The highest BCUT2D eigenvalue weighted by Gasteiger charge is 2.25. The molecule has 3 aromatic rings. The molecule has 126 valence electrons. The number of fused-ring (bicyclic) bond motifs is 1. The van der Waals surface area contributed by atoms with E-state index in [4.69, 9.17) is 0 Å². The maximum absolute atomic E-state index is 12.6. The fourth-order valence-electron chi connectivity index (χ4n) is 2.94. The molecule has 3 aromatic heterocycles. The van der Waals surface area contributed by atoms with Gasteiger partial charge in [-0.3, -0.25) is 14.2 Å². The predicted octanol–water partition coefficient (Wildman–Crippen LogP) is 2.20. The van der Waals surface area contributed by atoms with Crippen LogP contribution < -0.4 is 10.3 Å². The van der Waals surface area contributed by atoms with Gasteiger partial charge in [-0.1, -0.05) is 6.92 Å². The summed E-state index contributed by atoms with van der Waals surface area (Å²) in [5.41, 5.74) is -0.437. The molecule has 25 heavy (non-hydrogen) atoms. The second-order valence-electron chi connectivity index (χ2n) is 6.00. The van der Waals surface area contributed by atoms with Crippen molar-refractivity contribution in [3.63, 3.8) is 0 Å². The number of carbonyl (C=O) groups excluding carboxylic acids is 1. The number of rotatable bonds is 3. The van der Waals surface area contributed by atoms with E-state index < -0.39 is 11.3 Å². The normalized spacial score (nSPS) is 14.5. The van der Waals surface area contributed by atoms with Crippen molar-refractivity contribution in [1.29, 1.82) is 0 Å². The second kappa shape index (κ2) is 5.85.